The summed E-state index contributed by atoms with van der Waals surface area (Å²) in [7, 11) is 0. The molecule has 74 valence electrons. The Morgan fingerprint density at radius 1 is 1.69 bits per heavy atom. The number of hydrogen-bond donors (Lipinski definition) is 2. The summed E-state index contributed by atoms with van der Waals surface area (Å²) in [6.45, 7) is 4.74. The second-order valence-electron chi connectivity index (χ2n) is 3.62. The van der Waals surface area contributed by atoms with E-state index < -0.39 is 5.54 Å². The van der Waals surface area contributed by atoms with Crippen LogP contribution in [-0.2, 0) is 13.0 Å². The van der Waals surface area contributed by atoms with E-state index >= 15 is 0 Å². The fourth-order valence-electron chi connectivity index (χ4n) is 1.21. The zero-order valence-corrected chi connectivity index (χ0v) is 8.20. The topological polar surface area (TPSA) is 64.1 Å². The maximum atomic E-state index is 8.99. The van der Waals surface area contributed by atoms with Gasteiger partial charge in [-0.2, -0.15) is 0 Å². The van der Waals surface area contributed by atoms with Crippen molar-refractivity contribution in [1.29, 1.82) is 0 Å². The Morgan fingerprint density at radius 3 is 2.92 bits per heavy atom. The Bertz CT molecular complexity index is 268. The van der Waals surface area contributed by atoms with Crippen LogP contribution in [0.1, 0.15) is 19.7 Å². The first-order valence-corrected chi connectivity index (χ1v) is 4.49. The third-order valence-corrected chi connectivity index (χ3v) is 2.07. The van der Waals surface area contributed by atoms with E-state index in [2.05, 4.69) is 11.9 Å². The first kappa shape index (κ1) is 10.2. The normalized spacial score (nSPS) is 15.7. The molecule has 13 heavy (non-hydrogen) atoms. The van der Waals surface area contributed by atoms with Gasteiger partial charge in [0.2, 0.25) is 0 Å². The van der Waals surface area contributed by atoms with E-state index in [1.165, 1.54) is 0 Å². The van der Waals surface area contributed by atoms with Gasteiger partial charge in [-0.3, -0.25) is 0 Å². The quantitative estimate of drug-likeness (QED) is 0.698. The van der Waals surface area contributed by atoms with Crippen LogP contribution in [0.5, 0.6) is 0 Å². The summed E-state index contributed by atoms with van der Waals surface area (Å²) in [4.78, 5) is 4.19. The lowest BCUT2D eigenvalue weighted by Crippen LogP contribution is -2.43. The van der Waals surface area contributed by atoms with Crippen molar-refractivity contribution in [2.24, 2.45) is 5.73 Å². The van der Waals surface area contributed by atoms with E-state index in [1.54, 1.807) is 6.20 Å². The van der Waals surface area contributed by atoms with Gasteiger partial charge in [0, 0.05) is 30.9 Å². The average Bonchev–Trinajstić information content (AvgIpc) is 2.51. The Balaban J connectivity index is 2.73. The van der Waals surface area contributed by atoms with E-state index in [0.29, 0.717) is 6.42 Å². The summed E-state index contributed by atoms with van der Waals surface area (Å²) in [5.41, 5.74) is 5.26. The average molecular weight is 183 g/mol. The van der Waals surface area contributed by atoms with Crippen LogP contribution >= 0.6 is 0 Å². The lowest BCUT2D eigenvalue weighted by atomic mass is 10.0. The van der Waals surface area contributed by atoms with Crippen LogP contribution in [0.3, 0.4) is 0 Å². The molecule has 1 rings (SSSR count). The zero-order valence-electron chi connectivity index (χ0n) is 8.20. The van der Waals surface area contributed by atoms with Crippen LogP contribution in [-0.4, -0.2) is 26.8 Å². The highest BCUT2D eigenvalue weighted by molar-refractivity contribution is 4.99. The third-order valence-electron chi connectivity index (χ3n) is 2.07. The molecule has 0 aromatic carbocycles. The minimum Gasteiger partial charge on any atom is -0.394 e. The number of hydrogen-bond acceptors (Lipinski definition) is 3. The van der Waals surface area contributed by atoms with Gasteiger partial charge in [-0.25, -0.2) is 4.98 Å². The Labute approximate surface area is 78.4 Å². The van der Waals surface area contributed by atoms with Gasteiger partial charge >= 0.3 is 0 Å². The first-order valence-electron chi connectivity index (χ1n) is 4.49. The summed E-state index contributed by atoms with van der Waals surface area (Å²) in [6.07, 6.45) is 4.28. The largest absolute Gasteiger partial charge is 0.394 e. The van der Waals surface area contributed by atoms with E-state index in [0.717, 1.165) is 12.4 Å². The van der Waals surface area contributed by atoms with Crippen molar-refractivity contribution < 1.29 is 5.11 Å². The molecular formula is C9H17N3O. The maximum absolute atomic E-state index is 8.99. The molecule has 0 saturated heterocycles. The fourth-order valence-corrected chi connectivity index (χ4v) is 1.21. The van der Waals surface area contributed by atoms with Crippen molar-refractivity contribution in [3.05, 3.63) is 18.2 Å². The number of aryl methyl sites for hydroxylation is 1. The van der Waals surface area contributed by atoms with Crippen LogP contribution in [0, 0.1) is 0 Å². The minimum absolute atomic E-state index is 0.0242. The molecule has 0 radical (unpaired) electrons. The second-order valence-corrected chi connectivity index (χ2v) is 3.62. The Kier molecular flexibility index (Phi) is 3.06. The van der Waals surface area contributed by atoms with Crippen molar-refractivity contribution in [2.75, 3.05) is 6.61 Å². The number of aliphatic hydroxyl groups excluding tert-OH is 1. The molecule has 3 N–H and O–H groups in total. The molecule has 4 heteroatoms. The summed E-state index contributed by atoms with van der Waals surface area (Å²) in [5.74, 6) is 0.932. The minimum atomic E-state index is -0.571. The molecule has 1 unspecified atom stereocenters. The number of rotatable bonds is 4. The molecule has 0 saturated carbocycles. The fraction of sp³-hybridized carbons (Fsp3) is 0.667. The highest BCUT2D eigenvalue weighted by Crippen LogP contribution is 2.08. The molecule has 0 amide bonds. The van der Waals surface area contributed by atoms with Gasteiger partial charge in [-0.05, 0) is 13.8 Å². The number of imidazole rings is 1. The van der Waals surface area contributed by atoms with Crippen molar-refractivity contribution in [3.8, 4) is 0 Å². The predicted octanol–water partition coefficient (Wildman–Crippen LogP) is 0.155. The second kappa shape index (κ2) is 3.89. The summed E-state index contributed by atoms with van der Waals surface area (Å²) < 4.78 is 2.03. The molecular weight excluding hydrogens is 166 g/mol. The molecule has 0 aliphatic carbocycles. The molecule has 4 nitrogen and oxygen atoms in total. The monoisotopic (exact) mass is 183 g/mol. The van der Waals surface area contributed by atoms with Crippen LogP contribution in [0.15, 0.2) is 12.4 Å². The van der Waals surface area contributed by atoms with Crippen molar-refractivity contribution in [2.45, 2.75) is 32.4 Å². The third kappa shape index (κ3) is 2.54. The van der Waals surface area contributed by atoms with E-state index in [4.69, 9.17) is 10.8 Å². The van der Waals surface area contributed by atoms with Crippen LogP contribution < -0.4 is 5.73 Å². The maximum Gasteiger partial charge on any atom is 0.110 e. The van der Waals surface area contributed by atoms with Gasteiger partial charge in [0.25, 0.3) is 0 Å². The molecule has 0 spiro atoms. The van der Waals surface area contributed by atoms with Gasteiger partial charge in [-0.15, -0.1) is 0 Å². The first-order chi connectivity index (χ1) is 6.09. The predicted molar refractivity (Wildman–Crippen MR) is 51.3 cm³/mol. The SMILES string of the molecule is CCn1ccnc1CC(C)(N)CO. The number of nitrogens with zero attached hydrogens (tertiary/aromatic N) is 2. The standard InChI is InChI=1S/C9H17N3O/c1-3-12-5-4-11-8(12)6-9(2,10)7-13/h4-5,13H,3,6-7,10H2,1-2H3. The smallest absolute Gasteiger partial charge is 0.110 e. The van der Waals surface area contributed by atoms with Gasteiger partial charge in [0.05, 0.1) is 6.61 Å². The molecule has 1 heterocycles. The van der Waals surface area contributed by atoms with Gasteiger partial charge < -0.3 is 15.4 Å². The molecule has 1 atom stereocenters. The molecule has 1 aromatic heterocycles. The lowest BCUT2D eigenvalue weighted by molar-refractivity contribution is 0.205. The summed E-state index contributed by atoms with van der Waals surface area (Å²) in [5, 5.41) is 8.99. The van der Waals surface area contributed by atoms with Crippen LogP contribution in [0.25, 0.3) is 0 Å². The summed E-state index contributed by atoms with van der Waals surface area (Å²) >= 11 is 0. The van der Waals surface area contributed by atoms with E-state index in [1.807, 2.05) is 17.7 Å². The van der Waals surface area contributed by atoms with E-state index in [-0.39, 0.29) is 6.61 Å². The Morgan fingerprint density at radius 2 is 2.38 bits per heavy atom. The van der Waals surface area contributed by atoms with Crippen molar-refractivity contribution >= 4 is 0 Å². The molecule has 0 aliphatic heterocycles. The lowest BCUT2D eigenvalue weighted by Gasteiger charge is -2.21. The van der Waals surface area contributed by atoms with Gasteiger partial charge in [0.1, 0.15) is 5.82 Å². The highest BCUT2D eigenvalue weighted by Gasteiger charge is 2.19. The number of nitrogens with two attached hydrogens (primary N) is 1. The van der Waals surface area contributed by atoms with Gasteiger partial charge in [0.15, 0.2) is 0 Å². The van der Waals surface area contributed by atoms with Crippen LogP contribution in [0.2, 0.25) is 0 Å². The number of aliphatic hydroxyl groups is 1. The zero-order chi connectivity index (χ0) is 9.90. The molecule has 0 aliphatic rings. The van der Waals surface area contributed by atoms with Crippen LogP contribution in [0.4, 0.5) is 0 Å². The summed E-state index contributed by atoms with van der Waals surface area (Å²) in [6, 6.07) is 0. The highest BCUT2D eigenvalue weighted by atomic mass is 16.3. The van der Waals surface area contributed by atoms with Crippen molar-refractivity contribution in [3.63, 3.8) is 0 Å². The molecule has 0 fully saturated rings. The van der Waals surface area contributed by atoms with Gasteiger partial charge in [-0.1, -0.05) is 0 Å². The number of aromatic nitrogens is 2. The molecule has 0 bridgehead atoms. The van der Waals surface area contributed by atoms with Crippen molar-refractivity contribution in [1.82, 2.24) is 9.55 Å². The molecule has 1 aromatic rings. The van der Waals surface area contributed by atoms with E-state index in [9.17, 15) is 0 Å². The Hall–Kier alpha value is -0.870.